The highest BCUT2D eigenvalue weighted by Gasteiger charge is 2.22. The number of aryl methyl sites for hydroxylation is 1. The van der Waals surface area contributed by atoms with Crippen LogP contribution in [0.1, 0.15) is 37.8 Å². The van der Waals surface area contributed by atoms with Crippen LogP contribution in [-0.2, 0) is 11.3 Å². The van der Waals surface area contributed by atoms with Crippen molar-refractivity contribution in [2.24, 2.45) is 10.9 Å². The predicted octanol–water partition coefficient (Wildman–Crippen LogP) is 2.87. The van der Waals surface area contributed by atoms with Crippen LogP contribution in [0.2, 0.25) is 0 Å². The van der Waals surface area contributed by atoms with Gasteiger partial charge in [-0.15, -0.1) is 35.3 Å². The normalized spacial score (nSPS) is 17.0. The molecular weight excluding hydrogens is 461 g/mol. The summed E-state index contributed by atoms with van der Waals surface area (Å²) in [6, 6.07) is 0.512. The number of ether oxygens (including phenoxy) is 1. The van der Waals surface area contributed by atoms with E-state index in [1.54, 1.807) is 11.3 Å². The number of morpholine rings is 1. The maximum atomic E-state index is 5.51. The Morgan fingerprint density at radius 2 is 2.08 bits per heavy atom. The Hall–Kier alpha value is -0.450. The van der Waals surface area contributed by atoms with Gasteiger partial charge in [-0.2, -0.15) is 0 Å². The lowest BCUT2D eigenvalue weighted by molar-refractivity contribution is 0.0132. The SMILES string of the molecule is CCNC(=NCc1scnc1C)NCC(CC(C)C)N1CCOCC1.I. The maximum Gasteiger partial charge on any atom is 0.191 e. The zero-order valence-corrected chi connectivity index (χ0v) is 19.6. The fraction of sp³-hybridized carbons (Fsp3) is 0.778. The van der Waals surface area contributed by atoms with E-state index in [4.69, 9.17) is 9.73 Å². The van der Waals surface area contributed by atoms with Gasteiger partial charge in [0, 0.05) is 37.1 Å². The monoisotopic (exact) mass is 495 g/mol. The molecule has 1 aromatic rings. The van der Waals surface area contributed by atoms with Crippen LogP contribution in [0, 0.1) is 12.8 Å². The molecule has 0 aliphatic carbocycles. The lowest BCUT2D eigenvalue weighted by atomic mass is 10.0. The number of rotatable bonds is 8. The van der Waals surface area contributed by atoms with Crippen LogP contribution in [0.4, 0.5) is 0 Å². The van der Waals surface area contributed by atoms with Crippen LogP contribution in [0.15, 0.2) is 10.5 Å². The molecule has 1 saturated heterocycles. The van der Waals surface area contributed by atoms with Gasteiger partial charge in [0.1, 0.15) is 0 Å². The number of halogens is 1. The first-order chi connectivity index (χ1) is 12.1. The van der Waals surface area contributed by atoms with E-state index in [1.807, 2.05) is 12.4 Å². The summed E-state index contributed by atoms with van der Waals surface area (Å²) >= 11 is 1.67. The van der Waals surface area contributed by atoms with Gasteiger partial charge >= 0.3 is 0 Å². The Kier molecular flexibility index (Phi) is 11.7. The number of nitrogens with zero attached hydrogens (tertiary/aromatic N) is 3. The van der Waals surface area contributed by atoms with Crippen LogP contribution in [-0.4, -0.2) is 61.3 Å². The average molecular weight is 495 g/mol. The fourth-order valence-electron chi connectivity index (χ4n) is 3.03. The zero-order chi connectivity index (χ0) is 18.1. The van der Waals surface area contributed by atoms with E-state index in [0.717, 1.165) is 51.0 Å². The van der Waals surface area contributed by atoms with Crippen LogP contribution < -0.4 is 10.6 Å². The molecule has 2 rings (SSSR count). The quantitative estimate of drug-likeness (QED) is 0.330. The van der Waals surface area contributed by atoms with E-state index in [9.17, 15) is 0 Å². The van der Waals surface area contributed by atoms with Gasteiger partial charge in [-0.3, -0.25) is 4.90 Å². The molecule has 0 saturated carbocycles. The van der Waals surface area contributed by atoms with E-state index in [0.29, 0.717) is 18.5 Å². The number of nitrogens with one attached hydrogen (secondary N) is 2. The molecule has 150 valence electrons. The topological polar surface area (TPSA) is 61.8 Å². The molecule has 1 aliphatic rings. The summed E-state index contributed by atoms with van der Waals surface area (Å²) in [5.74, 6) is 1.56. The van der Waals surface area contributed by atoms with Crippen molar-refractivity contribution in [2.45, 2.75) is 46.7 Å². The minimum absolute atomic E-state index is 0. The Morgan fingerprint density at radius 3 is 2.65 bits per heavy atom. The second-order valence-electron chi connectivity index (χ2n) is 6.87. The second kappa shape index (κ2) is 12.9. The summed E-state index contributed by atoms with van der Waals surface area (Å²) in [7, 11) is 0. The molecule has 0 amide bonds. The number of guanidine groups is 1. The maximum absolute atomic E-state index is 5.51. The van der Waals surface area contributed by atoms with Gasteiger partial charge in [0.2, 0.25) is 0 Å². The molecule has 0 radical (unpaired) electrons. The fourth-order valence-corrected chi connectivity index (χ4v) is 3.73. The van der Waals surface area contributed by atoms with Crippen molar-refractivity contribution in [3.05, 3.63) is 16.1 Å². The number of aliphatic imine (C=N–C) groups is 1. The van der Waals surface area contributed by atoms with Crippen LogP contribution in [0.25, 0.3) is 0 Å². The third-order valence-electron chi connectivity index (χ3n) is 4.38. The third kappa shape index (κ3) is 8.06. The second-order valence-corrected chi connectivity index (χ2v) is 7.81. The van der Waals surface area contributed by atoms with Crippen molar-refractivity contribution >= 4 is 41.3 Å². The van der Waals surface area contributed by atoms with Crippen molar-refractivity contribution in [1.29, 1.82) is 0 Å². The van der Waals surface area contributed by atoms with Crippen molar-refractivity contribution < 1.29 is 4.74 Å². The van der Waals surface area contributed by atoms with Gasteiger partial charge < -0.3 is 15.4 Å². The third-order valence-corrected chi connectivity index (χ3v) is 5.30. The Balaban J connectivity index is 0.00000338. The van der Waals surface area contributed by atoms with Gasteiger partial charge in [-0.05, 0) is 26.2 Å². The summed E-state index contributed by atoms with van der Waals surface area (Å²) in [6.45, 7) is 14.9. The molecule has 26 heavy (non-hydrogen) atoms. The van der Waals surface area contributed by atoms with Crippen LogP contribution in [0.5, 0.6) is 0 Å². The molecule has 0 aromatic carbocycles. The van der Waals surface area contributed by atoms with E-state index in [2.05, 4.69) is 41.3 Å². The molecule has 6 nitrogen and oxygen atoms in total. The summed E-state index contributed by atoms with van der Waals surface area (Å²) in [5.41, 5.74) is 2.97. The van der Waals surface area contributed by atoms with Crippen LogP contribution >= 0.6 is 35.3 Å². The highest BCUT2D eigenvalue weighted by Crippen LogP contribution is 2.14. The largest absolute Gasteiger partial charge is 0.379 e. The number of aromatic nitrogens is 1. The molecule has 2 N–H and O–H groups in total. The number of hydrogen-bond acceptors (Lipinski definition) is 5. The molecular formula is C18H34IN5OS. The molecule has 1 unspecified atom stereocenters. The summed E-state index contributed by atoms with van der Waals surface area (Å²) in [4.78, 5) is 12.8. The first-order valence-electron chi connectivity index (χ1n) is 9.33. The molecule has 1 fully saturated rings. The molecule has 1 atom stereocenters. The minimum Gasteiger partial charge on any atom is -0.379 e. The Bertz CT molecular complexity index is 531. The van der Waals surface area contributed by atoms with Crippen molar-refractivity contribution in [2.75, 3.05) is 39.4 Å². The predicted molar refractivity (Wildman–Crippen MR) is 121 cm³/mol. The van der Waals surface area contributed by atoms with Gasteiger partial charge in [0.25, 0.3) is 0 Å². The highest BCUT2D eigenvalue weighted by atomic mass is 127. The molecule has 1 aromatic heterocycles. The Labute approximate surface area is 179 Å². The van der Waals surface area contributed by atoms with E-state index >= 15 is 0 Å². The Morgan fingerprint density at radius 1 is 1.35 bits per heavy atom. The zero-order valence-electron chi connectivity index (χ0n) is 16.5. The first kappa shape index (κ1) is 23.6. The lowest BCUT2D eigenvalue weighted by Crippen LogP contribution is -2.51. The average Bonchev–Trinajstić information content (AvgIpc) is 3.01. The van der Waals surface area contributed by atoms with Crippen molar-refractivity contribution in [3.63, 3.8) is 0 Å². The van der Waals surface area contributed by atoms with E-state index < -0.39 is 0 Å². The van der Waals surface area contributed by atoms with Gasteiger partial charge in [0.05, 0.1) is 31.0 Å². The lowest BCUT2D eigenvalue weighted by Gasteiger charge is -2.35. The van der Waals surface area contributed by atoms with E-state index in [1.165, 1.54) is 11.3 Å². The highest BCUT2D eigenvalue weighted by molar-refractivity contribution is 14.0. The molecule has 0 spiro atoms. The minimum atomic E-state index is 0. The number of thiazole rings is 1. The first-order valence-corrected chi connectivity index (χ1v) is 10.2. The van der Waals surface area contributed by atoms with Crippen LogP contribution in [0.3, 0.4) is 0 Å². The number of hydrogen-bond donors (Lipinski definition) is 2. The molecule has 2 heterocycles. The summed E-state index contributed by atoms with van der Waals surface area (Å²) in [6.07, 6.45) is 1.18. The van der Waals surface area contributed by atoms with Gasteiger partial charge in [-0.25, -0.2) is 9.98 Å². The van der Waals surface area contributed by atoms with Crippen molar-refractivity contribution in [3.8, 4) is 0 Å². The summed E-state index contributed by atoms with van der Waals surface area (Å²) < 4.78 is 5.51. The summed E-state index contributed by atoms with van der Waals surface area (Å²) in [5, 5.41) is 6.90. The van der Waals surface area contributed by atoms with E-state index in [-0.39, 0.29) is 24.0 Å². The standard InChI is InChI=1S/C18H33N5OS.HI/c1-5-19-18(21-12-17-15(4)22-13-25-17)20-11-16(10-14(2)3)23-6-8-24-9-7-23;/h13-14,16H,5-12H2,1-4H3,(H2,19,20,21);1H. The molecule has 0 bridgehead atoms. The van der Waals surface area contributed by atoms with Crippen molar-refractivity contribution in [1.82, 2.24) is 20.5 Å². The molecule has 1 aliphatic heterocycles. The molecule has 8 heteroatoms. The van der Waals surface area contributed by atoms with Gasteiger partial charge in [-0.1, -0.05) is 13.8 Å². The smallest absolute Gasteiger partial charge is 0.191 e. The van der Waals surface area contributed by atoms with Gasteiger partial charge in [0.15, 0.2) is 5.96 Å².